The zero-order chi connectivity index (χ0) is 14.3. The van der Waals surface area contributed by atoms with Crippen LogP contribution in [0.2, 0.25) is 0 Å². The van der Waals surface area contributed by atoms with Crippen LogP contribution in [0.1, 0.15) is 12.8 Å². The third-order valence-electron chi connectivity index (χ3n) is 3.04. The van der Waals surface area contributed by atoms with Gasteiger partial charge in [0.1, 0.15) is 0 Å². The fourth-order valence-electron chi connectivity index (χ4n) is 1.99. The number of amides is 2. The zero-order valence-electron chi connectivity index (χ0n) is 11.6. The van der Waals surface area contributed by atoms with E-state index in [-0.39, 0.29) is 30.3 Å². The maximum absolute atomic E-state index is 12.0. The first-order valence-corrected chi connectivity index (χ1v) is 6.49. The second-order valence-electron chi connectivity index (χ2n) is 4.78. The largest absolute Gasteiger partial charge is 0.385 e. The lowest BCUT2D eigenvalue weighted by Gasteiger charge is -2.20. The minimum absolute atomic E-state index is 0.0507. The van der Waals surface area contributed by atoms with E-state index in [4.69, 9.17) is 10.5 Å². The molecule has 0 bridgehead atoms. The second kappa shape index (κ2) is 7.91. The van der Waals surface area contributed by atoms with Gasteiger partial charge >= 0.3 is 0 Å². The Morgan fingerprint density at radius 3 is 2.79 bits per heavy atom. The number of nitrogens with two attached hydrogens (primary N) is 1. The Labute approximate surface area is 114 Å². The number of hydrogen-bond acceptors (Lipinski definition) is 4. The van der Waals surface area contributed by atoms with Crippen LogP contribution < -0.4 is 11.1 Å². The molecule has 1 aliphatic rings. The van der Waals surface area contributed by atoms with Crippen LogP contribution in [0.5, 0.6) is 0 Å². The summed E-state index contributed by atoms with van der Waals surface area (Å²) < 4.78 is 4.89. The average molecular weight is 269 g/mol. The molecule has 0 aromatic rings. The molecule has 6 heteroatoms. The number of nitrogens with one attached hydrogen (secondary N) is 1. The molecular weight excluding hydrogens is 246 g/mol. The molecule has 0 saturated carbocycles. The average Bonchev–Trinajstić information content (AvgIpc) is 2.80. The van der Waals surface area contributed by atoms with E-state index >= 15 is 0 Å². The van der Waals surface area contributed by atoms with Gasteiger partial charge in [-0.15, -0.1) is 0 Å². The molecule has 0 aromatic carbocycles. The van der Waals surface area contributed by atoms with Crippen molar-refractivity contribution in [3.63, 3.8) is 0 Å². The van der Waals surface area contributed by atoms with Crippen molar-refractivity contribution >= 4 is 11.8 Å². The number of carbonyl (C=O) groups excluding carboxylic acids is 2. The fourth-order valence-corrected chi connectivity index (χ4v) is 1.99. The van der Waals surface area contributed by atoms with E-state index in [9.17, 15) is 9.59 Å². The van der Waals surface area contributed by atoms with Crippen molar-refractivity contribution in [2.75, 3.05) is 33.9 Å². The second-order valence-corrected chi connectivity index (χ2v) is 4.78. The fraction of sp³-hybridized carbons (Fsp3) is 0.692. The van der Waals surface area contributed by atoms with Crippen molar-refractivity contribution in [2.24, 2.45) is 11.7 Å². The maximum Gasteiger partial charge on any atom is 0.239 e. The van der Waals surface area contributed by atoms with Crippen LogP contribution >= 0.6 is 0 Å². The molecule has 2 atom stereocenters. The van der Waals surface area contributed by atoms with E-state index in [1.54, 1.807) is 14.2 Å². The highest BCUT2D eigenvalue weighted by Crippen LogP contribution is 2.18. The Balaban J connectivity index is 2.26. The minimum Gasteiger partial charge on any atom is -0.385 e. The van der Waals surface area contributed by atoms with Crippen LogP contribution in [0.3, 0.4) is 0 Å². The van der Waals surface area contributed by atoms with E-state index in [2.05, 4.69) is 5.32 Å². The summed E-state index contributed by atoms with van der Waals surface area (Å²) in [6, 6.07) is -0.0507. The zero-order valence-corrected chi connectivity index (χ0v) is 11.6. The monoisotopic (exact) mass is 269 g/mol. The van der Waals surface area contributed by atoms with Gasteiger partial charge in [0.25, 0.3) is 0 Å². The van der Waals surface area contributed by atoms with E-state index in [0.717, 1.165) is 6.42 Å². The molecule has 19 heavy (non-hydrogen) atoms. The molecule has 0 heterocycles. The quantitative estimate of drug-likeness (QED) is 0.482. The van der Waals surface area contributed by atoms with Gasteiger partial charge in [-0.05, 0) is 12.8 Å². The first-order valence-electron chi connectivity index (χ1n) is 6.49. The number of likely N-dealkylation sites (N-methyl/N-ethyl adjacent to an activating group) is 1. The van der Waals surface area contributed by atoms with Crippen LogP contribution in [0.4, 0.5) is 0 Å². The first-order chi connectivity index (χ1) is 9.04. The van der Waals surface area contributed by atoms with Crippen LogP contribution in [0.15, 0.2) is 12.2 Å². The van der Waals surface area contributed by atoms with Crippen molar-refractivity contribution in [1.29, 1.82) is 0 Å². The summed E-state index contributed by atoms with van der Waals surface area (Å²) in [4.78, 5) is 25.1. The Hall–Kier alpha value is -1.40. The molecule has 0 spiro atoms. The Morgan fingerprint density at radius 2 is 2.21 bits per heavy atom. The summed E-state index contributed by atoms with van der Waals surface area (Å²) in [5.74, 6) is -0.407. The van der Waals surface area contributed by atoms with Crippen LogP contribution in [-0.2, 0) is 14.3 Å². The van der Waals surface area contributed by atoms with Gasteiger partial charge in [-0.3, -0.25) is 9.59 Å². The third-order valence-corrected chi connectivity index (χ3v) is 3.04. The van der Waals surface area contributed by atoms with Crippen LogP contribution in [0.25, 0.3) is 0 Å². The molecule has 0 fully saturated rings. The molecule has 0 aromatic heterocycles. The van der Waals surface area contributed by atoms with Gasteiger partial charge in [-0.2, -0.15) is 0 Å². The van der Waals surface area contributed by atoms with Crippen molar-refractivity contribution in [3.05, 3.63) is 12.2 Å². The first kappa shape index (κ1) is 15.7. The molecule has 1 aliphatic carbocycles. The SMILES string of the molecule is COCCCNC(=O)CN(C)C(=O)C1C=CC(N)C1. The number of nitrogens with zero attached hydrogens (tertiary/aromatic N) is 1. The summed E-state index contributed by atoms with van der Waals surface area (Å²) in [6.07, 6.45) is 5.04. The number of rotatable bonds is 7. The third kappa shape index (κ3) is 5.40. The highest BCUT2D eigenvalue weighted by atomic mass is 16.5. The van der Waals surface area contributed by atoms with E-state index in [0.29, 0.717) is 19.6 Å². The predicted molar refractivity (Wildman–Crippen MR) is 72.4 cm³/mol. The summed E-state index contributed by atoms with van der Waals surface area (Å²) in [7, 11) is 3.25. The maximum atomic E-state index is 12.0. The van der Waals surface area contributed by atoms with Gasteiger partial charge in [0, 0.05) is 33.4 Å². The van der Waals surface area contributed by atoms with E-state index < -0.39 is 0 Å². The van der Waals surface area contributed by atoms with Crippen molar-refractivity contribution in [3.8, 4) is 0 Å². The highest BCUT2D eigenvalue weighted by molar-refractivity contribution is 5.86. The van der Waals surface area contributed by atoms with Crippen LogP contribution in [0, 0.1) is 5.92 Å². The molecule has 0 radical (unpaired) electrons. The van der Waals surface area contributed by atoms with E-state index in [1.807, 2.05) is 12.2 Å². The molecular formula is C13H23N3O3. The molecule has 2 unspecified atom stereocenters. The number of methoxy groups -OCH3 is 1. The van der Waals surface area contributed by atoms with Crippen molar-refractivity contribution in [2.45, 2.75) is 18.9 Å². The standard InChI is InChI=1S/C13H23N3O3/c1-16(9-12(17)15-6-3-7-19-2)13(18)10-4-5-11(14)8-10/h4-5,10-11H,3,6-9,14H2,1-2H3,(H,15,17). The Kier molecular flexibility index (Phi) is 6.52. The van der Waals surface area contributed by atoms with Gasteiger partial charge < -0.3 is 20.7 Å². The normalized spacial score (nSPS) is 21.4. The van der Waals surface area contributed by atoms with Crippen molar-refractivity contribution < 1.29 is 14.3 Å². The van der Waals surface area contributed by atoms with E-state index in [1.165, 1.54) is 4.90 Å². The highest BCUT2D eigenvalue weighted by Gasteiger charge is 2.26. The topological polar surface area (TPSA) is 84.7 Å². The molecule has 1 rings (SSSR count). The molecule has 2 amide bonds. The summed E-state index contributed by atoms with van der Waals surface area (Å²) in [5, 5.41) is 2.75. The number of ether oxygens (including phenoxy) is 1. The minimum atomic E-state index is -0.193. The van der Waals surface area contributed by atoms with Crippen LogP contribution in [-0.4, -0.2) is 56.6 Å². The van der Waals surface area contributed by atoms with Gasteiger partial charge in [0.2, 0.25) is 11.8 Å². The summed E-state index contributed by atoms with van der Waals surface area (Å²) >= 11 is 0. The number of carbonyl (C=O) groups is 2. The number of hydrogen-bond donors (Lipinski definition) is 2. The lowest BCUT2D eigenvalue weighted by molar-refractivity contribution is -0.136. The Morgan fingerprint density at radius 1 is 1.47 bits per heavy atom. The molecule has 6 nitrogen and oxygen atoms in total. The smallest absolute Gasteiger partial charge is 0.239 e. The van der Waals surface area contributed by atoms with Gasteiger partial charge in [0.15, 0.2) is 0 Å². The molecule has 3 N–H and O–H groups in total. The summed E-state index contributed by atoms with van der Waals surface area (Å²) in [6.45, 7) is 1.24. The lowest BCUT2D eigenvalue weighted by atomic mass is 10.1. The predicted octanol–water partition coefficient (Wildman–Crippen LogP) is -0.499. The summed E-state index contributed by atoms with van der Waals surface area (Å²) in [5.41, 5.74) is 5.71. The van der Waals surface area contributed by atoms with Gasteiger partial charge in [-0.1, -0.05) is 12.2 Å². The molecule has 0 saturated heterocycles. The molecule has 0 aliphatic heterocycles. The lowest BCUT2D eigenvalue weighted by Crippen LogP contribution is -2.41. The van der Waals surface area contributed by atoms with Gasteiger partial charge in [0.05, 0.1) is 12.5 Å². The Bertz CT molecular complexity index is 344. The molecule has 108 valence electrons. The van der Waals surface area contributed by atoms with Gasteiger partial charge in [-0.25, -0.2) is 0 Å². The van der Waals surface area contributed by atoms with Crippen molar-refractivity contribution in [1.82, 2.24) is 10.2 Å².